The molecule has 5 heteroatoms. The number of rotatable bonds is 5. The maximum absolute atomic E-state index is 6.16. The third-order valence-corrected chi connectivity index (χ3v) is 6.32. The second-order valence-electron chi connectivity index (χ2n) is 7.43. The molecule has 1 aliphatic heterocycles. The largest absolute Gasteiger partial charge is 0.454 e. The second-order valence-corrected chi connectivity index (χ2v) is 8.27. The SMILES string of the molecule is CCc1ccc(N=c2scc(-c3cc4ccccc4o3)n2C[C@@H]2CCCO2)cc1. The highest BCUT2D eigenvalue weighted by molar-refractivity contribution is 7.07. The number of nitrogens with zero attached hydrogens (tertiary/aromatic N) is 2. The van der Waals surface area contributed by atoms with Gasteiger partial charge in [0.05, 0.1) is 24.0 Å². The highest BCUT2D eigenvalue weighted by atomic mass is 32.1. The topological polar surface area (TPSA) is 39.7 Å². The summed E-state index contributed by atoms with van der Waals surface area (Å²) in [7, 11) is 0. The molecule has 4 nitrogen and oxygen atoms in total. The van der Waals surface area contributed by atoms with Crippen LogP contribution in [0.25, 0.3) is 22.4 Å². The fourth-order valence-corrected chi connectivity index (χ4v) is 4.73. The molecule has 5 rings (SSSR count). The fourth-order valence-electron chi connectivity index (χ4n) is 3.81. The molecule has 1 aliphatic rings. The zero-order chi connectivity index (χ0) is 19.6. The molecular weight excluding hydrogens is 380 g/mol. The second kappa shape index (κ2) is 8.01. The molecule has 0 N–H and O–H groups in total. The van der Waals surface area contributed by atoms with Crippen LogP contribution in [0.1, 0.15) is 25.3 Å². The van der Waals surface area contributed by atoms with Gasteiger partial charge in [0.15, 0.2) is 10.6 Å². The number of para-hydroxylation sites is 1. The molecule has 0 bridgehead atoms. The van der Waals surface area contributed by atoms with Gasteiger partial charge >= 0.3 is 0 Å². The lowest BCUT2D eigenvalue weighted by Gasteiger charge is -2.13. The van der Waals surface area contributed by atoms with Crippen LogP contribution in [0.15, 0.2) is 69.4 Å². The molecule has 2 aromatic carbocycles. The summed E-state index contributed by atoms with van der Waals surface area (Å²) in [6.45, 7) is 3.81. The molecule has 1 atom stereocenters. The van der Waals surface area contributed by atoms with Crippen LogP contribution in [0.4, 0.5) is 5.69 Å². The van der Waals surface area contributed by atoms with Gasteiger partial charge in [-0.3, -0.25) is 0 Å². The Kier molecular flexibility index (Phi) is 5.08. The Labute approximate surface area is 174 Å². The van der Waals surface area contributed by atoms with E-state index in [-0.39, 0.29) is 6.10 Å². The number of hydrogen-bond donors (Lipinski definition) is 0. The van der Waals surface area contributed by atoms with Crippen LogP contribution in [0.3, 0.4) is 0 Å². The van der Waals surface area contributed by atoms with E-state index in [9.17, 15) is 0 Å². The van der Waals surface area contributed by atoms with E-state index in [1.807, 2.05) is 18.2 Å². The normalized spacial score (nSPS) is 17.4. The Morgan fingerprint density at radius 3 is 2.76 bits per heavy atom. The number of ether oxygens (including phenoxy) is 1. The summed E-state index contributed by atoms with van der Waals surface area (Å²) in [6.07, 6.45) is 3.48. The summed E-state index contributed by atoms with van der Waals surface area (Å²) in [5.74, 6) is 0.878. The summed E-state index contributed by atoms with van der Waals surface area (Å²) < 4.78 is 14.3. The lowest BCUT2D eigenvalue weighted by atomic mass is 10.2. The van der Waals surface area contributed by atoms with Crippen molar-refractivity contribution in [3.05, 3.63) is 70.3 Å². The van der Waals surface area contributed by atoms with Crippen LogP contribution in [-0.2, 0) is 17.7 Å². The molecule has 3 heterocycles. The highest BCUT2D eigenvalue weighted by Crippen LogP contribution is 2.29. The molecule has 29 heavy (non-hydrogen) atoms. The van der Waals surface area contributed by atoms with Crippen molar-refractivity contribution >= 4 is 28.0 Å². The predicted octanol–water partition coefficient (Wildman–Crippen LogP) is 5.94. The smallest absolute Gasteiger partial charge is 0.190 e. The number of thiazole rings is 1. The van der Waals surface area contributed by atoms with E-state index in [0.717, 1.165) is 65.3 Å². The van der Waals surface area contributed by atoms with Crippen molar-refractivity contribution in [3.63, 3.8) is 0 Å². The van der Waals surface area contributed by atoms with Gasteiger partial charge in [0.1, 0.15) is 5.58 Å². The van der Waals surface area contributed by atoms with Crippen LogP contribution >= 0.6 is 11.3 Å². The number of aromatic nitrogens is 1. The Balaban J connectivity index is 1.59. The first-order valence-electron chi connectivity index (χ1n) is 10.2. The summed E-state index contributed by atoms with van der Waals surface area (Å²) >= 11 is 1.65. The number of aryl methyl sites for hydroxylation is 1. The van der Waals surface area contributed by atoms with Crippen LogP contribution in [-0.4, -0.2) is 17.3 Å². The number of furan rings is 1. The average molecular weight is 405 g/mol. The summed E-state index contributed by atoms with van der Waals surface area (Å²) in [4.78, 5) is 5.92. The zero-order valence-electron chi connectivity index (χ0n) is 16.5. The molecule has 2 aromatic heterocycles. The van der Waals surface area contributed by atoms with Crippen molar-refractivity contribution in [2.45, 2.75) is 38.8 Å². The van der Waals surface area contributed by atoms with Crippen molar-refractivity contribution in [3.8, 4) is 11.5 Å². The molecule has 148 valence electrons. The number of benzene rings is 2. The first-order valence-corrected chi connectivity index (χ1v) is 11.1. The molecular formula is C24H24N2O2S. The molecule has 4 aromatic rings. The lowest BCUT2D eigenvalue weighted by molar-refractivity contribution is 0.0967. The number of hydrogen-bond acceptors (Lipinski definition) is 4. The molecule has 0 aliphatic carbocycles. The van der Waals surface area contributed by atoms with E-state index in [1.54, 1.807) is 11.3 Å². The molecule has 0 amide bonds. The van der Waals surface area contributed by atoms with Gasteiger partial charge < -0.3 is 13.7 Å². The van der Waals surface area contributed by atoms with Gasteiger partial charge in [0.25, 0.3) is 0 Å². The Hall–Kier alpha value is -2.63. The van der Waals surface area contributed by atoms with Crippen molar-refractivity contribution in [1.82, 2.24) is 4.57 Å². The van der Waals surface area contributed by atoms with Crippen molar-refractivity contribution < 1.29 is 9.15 Å². The van der Waals surface area contributed by atoms with Crippen LogP contribution < -0.4 is 4.80 Å². The first-order chi connectivity index (χ1) is 14.3. The minimum absolute atomic E-state index is 0.231. The molecule has 0 radical (unpaired) electrons. The minimum atomic E-state index is 0.231. The quantitative estimate of drug-likeness (QED) is 0.413. The molecule has 0 unspecified atom stereocenters. The summed E-state index contributed by atoms with van der Waals surface area (Å²) in [5, 5.41) is 3.26. The van der Waals surface area contributed by atoms with E-state index < -0.39 is 0 Å². The van der Waals surface area contributed by atoms with Gasteiger partial charge in [0.2, 0.25) is 0 Å². The summed E-state index contributed by atoms with van der Waals surface area (Å²) in [6, 6.07) is 18.7. The molecule has 0 saturated carbocycles. The number of fused-ring (bicyclic) bond motifs is 1. The summed E-state index contributed by atoms with van der Waals surface area (Å²) in [5.41, 5.74) is 4.27. The Morgan fingerprint density at radius 1 is 1.14 bits per heavy atom. The molecule has 1 fully saturated rings. The van der Waals surface area contributed by atoms with Crippen molar-refractivity contribution in [1.29, 1.82) is 0 Å². The van der Waals surface area contributed by atoms with Gasteiger partial charge in [-0.05, 0) is 49.1 Å². The molecule has 0 spiro atoms. The Bertz CT molecular complexity index is 1140. The van der Waals surface area contributed by atoms with Gasteiger partial charge in [-0.25, -0.2) is 4.99 Å². The van der Waals surface area contributed by atoms with E-state index in [4.69, 9.17) is 14.1 Å². The molecule has 1 saturated heterocycles. The zero-order valence-corrected chi connectivity index (χ0v) is 17.3. The predicted molar refractivity (Wildman–Crippen MR) is 118 cm³/mol. The van der Waals surface area contributed by atoms with Gasteiger partial charge in [0, 0.05) is 17.4 Å². The third-order valence-electron chi connectivity index (χ3n) is 5.46. The van der Waals surface area contributed by atoms with E-state index in [1.165, 1.54) is 5.56 Å². The lowest BCUT2D eigenvalue weighted by Crippen LogP contribution is -2.23. The maximum atomic E-state index is 6.16. The van der Waals surface area contributed by atoms with E-state index in [0.29, 0.717) is 0 Å². The van der Waals surface area contributed by atoms with Gasteiger partial charge in [-0.1, -0.05) is 37.3 Å². The van der Waals surface area contributed by atoms with Crippen molar-refractivity contribution in [2.24, 2.45) is 4.99 Å². The average Bonchev–Trinajstić information content (AvgIpc) is 3.49. The van der Waals surface area contributed by atoms with E-state index in [2.05, 4.69) is 53.3 Å². The van der Waals surface area contributed by atoms with Crippen LogP contribution in [0.2, 0.25) is 0 Å². The third kappa shape index (κ3) is 3.80. The van der Waals surface area contributed by atoms with Crippen LogP contribution in [0.5, 0.6) is 0 Å². The fraction of sp³-hybridized carbons (Fsp3) is 0.292. The maximum Gasteiger partial charge on any atom is 0.190 e. The monoisotopic (exact) mass is 404 g/mol. The highest BCUT2D eigenvalue weighted by Gasteiger charge is 2.20. The minimum Gasteiger partial charge on any atom is -0.454 e. The van der Waals surface area contributed by atoms with Crippen molar-refractivity contribution in [2.75, 3.05) is 6.61 Å². The first kappa shape index (κ1) is 18.4. The van der Waals surface area contributed by atoms with Crippen LogP contribution in [0, 0.1) is 0 Å². The van der Waals surface area contributed by atoms with E-state index >= 15 is 0 Å². The Morgan fingerprint density at radius 2 is 2.00 bits per heavy atom. The van der Waals surface area contributed by atoms with Gasteiger partial charge in [-0.2, -0.15) is 0 Å². The standard InChI is InChI=1S/C24H24N2O2S/c1-2-17-9-11-19(12-10-17)25-24-26(15-20-7-5-13-27-20)21(16-29-24)23-14-18-6-3-4-8-22(18)28-23/h3-4,6,8-12,14,16,20H,2,5,7,13,15H2,1H3/t20-/m0/s1. The van der Waals surface area contributed by atoms with Gasteiger partial charge in [-0.15, -0.1) is 11.3 Å².